The van der Waals surface area contributed by atoms with Crippen LogP contribution in [0, 0.1) is 11.3 Å². The Morgan fingerprint density at radius 2 is 1.80 bits per heavy atom. The number of aliphatic carboxylic acids is 1. The first-order valence-electron chi connectivity index (χ1n) is 8.28. The lowest BCUT2D eigenvalue weighted by Gasteiger charge is -2.27. The number of carboxylic acid groups (broad SMARTS) is 1. The largest absolute Gasteiger partial charge is 0.481 e. The molecule has 1 rings (SSSR count). The van der Waals surface area contributed by atoms with Crippen molar-refractivity contribution in [2.45, 2.75) is 40.5 Å². The minimum Gasteiger partial charge on any atom is -0.481 e. The van der Waals surface area contributed by atoms with Crippen LogP contribution in [0.4, 0.5) is 5.69 Å². The molecule has 0 saturated heterocycles. The van der Waals surface area contributed by atoms with Gasteiger partial charge in [-0.25, -0.2) is 0 Å². The summed E-state index contributed by atoms with van der Waals surface area (Å²) in [7, 11) is 0. The predicted molar refractivity (Wildman–Crippen MR) is 97.9 cm³/mol. The average molecular weight is 369 g/mol. The van der Waals surface area contributed by atoms with Crippen molar-refractivity contribution in [3.05, 3.63) is 28.8 Å². The van der Waals surface area contributed by atoms with Crippen LogP contribution in [0.3, 0.4) is 0 Å². The summed E-state index contributed by atoms with van der Waals surface area (Å²) in [5.74, 6) is -1.78. The molecule has 2 amide bonds. The molecule has 0 atom stereocenters. The molecule has 0 bridgehead atoms. The Kier molecular flexibility index (Phi) is 7.42. The van der Waals surface area contributed by atoms with Gasteiger partial charge in [0, 0.05) is 18.2 Å². The summed E-state index contributed by atoms with van der Waals surface area (Å²) < 4.78 is 0. The number of carboxylic acids is 1. The molecule has 3 N–H and O–H groups in total. The summed E-state index contributed by atoms with van der Waals surface area (Å²) in [6.07, 6.45) is 0.800. The number of carbonyl (C=O) groups is 3. The summed E-state index contributed by atoms with van der Waals surface area (Å²) in [4.78, 5) is 35.7. The van der Waals surface area contributed by atoms with Crippen LogP contribution >= 0.6 is 11.6 Å². The number of carbonyl (C=O) groups excluding carboxylic acids is 2. The highest BCUT2D eigenvalue weighted by molar-refractivity contribution is 6.34. The van der Waals surface area contributed by atoms with Gasteiger partial charge in [-0.3, -0.25) is 14.4 Å². The van der Waals surface area contributed by atoms with Crippen molar-refractivity contribution in [2.75, 3.05) is 11.9 Å². The molecule has 7 heteroatoms. The van der Waals surface area contributed by atoms with Gasteiger partial charge in [0.05, 0.1) is 16.0 Å². The Morgan fingerprint density at radius 1 is 1.20 bits per heavy atom. The molecule has 0 fully saturated rings. The molecule has 138 valence electrons. The van der Waals surface area contributed by atoms with Gasteiger partial charge in [-0.2, -0.15) is 0 Å². The Labute approximate surface area is 152 Å². The van der Waals surface area contributed by atoms with Gasteiger partial charge in [0.2, 0.25) is 5.91 Å². The third-order valence-corrected chi connectivity index (χ3v) is 4.73. The molecule has 1 aromatic rings. The van der Waals surface area contributed by atoms with E-state index in [1.807, 2.05) is 0 Å². The Balaban J connectivity index is 2.94. The predicted octanol–water partition coefficient (Wildman–Crippen LogP) is 3.56. The fourth-order valence-electron chi connectivity index (χ4n) is 2.29. The second-order valence-corrected chi connectivity index (χ2v) is 6.72. The first kappa shape index (κ1) is 21.0. The zero-order chi connectivity index (χ0) is 19.2. The van der Waals surface area contributed by atoms with Crippen LogP contribution < -0.4 is 10.6 Å². The van der Waals surface area contributed by atoms with Gasteiger partial charge in [-0.15, -0.1) is 0 Å². The van der Waals surface area contributed by atoms with E-state index in [0.29, 0.717) is 18.5 Å². The number of hydrogen-bond donors (Lipinski definition) is 3. The van der Waals surface area contributed by atoms with Crippen molar-refractivity contribution >= 4 is 35.1 Å². The van der Waals surface area contributed by atoms with Crippen molar-refractivity contribution in [3.63, 3.8) is 0 Å². The number of halogens is 1. The lowest BCUT2D eigenvalue weighted by Crippen LogP contribution is -2.42. The molecule has 0 aromatic heterocycles. The monoisotopic (exact) mass is 368 g/mol. The van der Waals surface area contributed by atoms with E-state index in [-0.39, 0.29) is 29.0 Å². The van der Waals surface area contributed by atoms with Crippen LogP contribution in [0.15, 0.2) is 18.2 Å². The number of amides is 2. The van der Waals surface area contributed by atoms with Crippen molar-refractivity contribution in [1.29, 1.82) is 0 Å². The van der Waals surface area contributed by atoms with Crippen LogP contribution in [0.1, 0.15) is 50.9 Å². The van der Waals surface area contributed by atoms with Gasteiger partial charge in [0.25, 0.3) is 5.91 Å². The molecule has 1 aromatic carbocycles. The summed E-state index contributed by atoms with van der Waals surface area (Å²) in [5, 5.41) is 15.0. The lowest BCUT2D eigenvalue weighted by atomic mass is 9.82. The smallest absolute Gasteiger partial charge is 0.311 e. The van der Waals surface area contributed by atoms with Crippen LogP contribution in [0.25, 0.3) is 0 Å². The van der Waals surface area contributed by atoms with E-state index in [0.717, 1.165) is 0 Å². The van der Waals surface area contributed by atoms with Gasteiger partial charge >= 0.3 is 5.97 Å². The maximum atomic E-state index is 12.4. The van der Waals surface area contributed by atoms with Gasteiger partial charge in [-0.05, 0) is 31.0 Å². The molecular weight excluding hydrogens is 344 g/mol. The summed E-state index contributed by atoms with van der Waals surface area (Å²) in [6.45, 7) is 7.09. The van der Waals surface area contributed by atoms with Crippen molar-refractivity contribution in [3.8, 4) is 0 Å². The summed E-state index contributed by atoms with van der Waals surface area (Å²) in [6, 6.07) is 4.62. The fourth-order valence-corrected chi connectivity index (χ4v) is 2.49. The molecule has 0 heterocycles. The molecule has 0 radical (unpaired) electrons. The molecule has 0 aliphatic heterocycles. The van der Waals surface area contributed by atoms with E-state index in [2.05, 4.69) is 10.6 Å². The highest BCUT2D eigenvalue weighted by Crippen LogP contribution is 2.26. The Hall–Kier alpha value is -2.08. The molecule has 0 spiro atoms. The zero-order valence-electron chi connectivity index (χ0n) is 15.0. The second-order valence-electron chi connectivity index (χ2n) is 6.31. The summed E-state index contributed by atoms with van der Waals surface area (Å²) >= 11 is 6.08. The highest BCUT2D eigenvalue weighted by atomic mass is 35.5. The van der Waals surface area contributed by atoms with E-state index < -0.39 is 17.3 Å². The average Bonchev–Trinajstić information content (AvgIpc) is 2.57. The van der Waals surface area contributed by atoms with Gasteiger partial charge in [0.15, 0.2) is 0 Å². The van der Waals surface area contributed by atoms with Crippen LogP contribution in [-0.4, -0.2) is 29.4 Å². The van der Waals surface area contributed by atoms with Crippen LogP contribution in [-0.2, 0) is 9.59 Å². The third-order valence-electron chi connectivity index (χ3n) is 4.40. The molecule has 25 heavy (non-hydrogen) atoms. The van der Waals surface area contributed by atoms with Crippen molar-refractivity contribution < 1.29 is 19.5 Å². The molecule has 0 aliphatic carbocycles. The Morgan fingerprint density at radius 3 is 2.28 bits per heavy atom. The topological polar surface area (TPSA) is 95.5 Å². The number of rotatable bonds is 8. The first-order valence-corrected chi connectivity index (χ1v) is 8.66. The van der Waals surface area contributed by atoms with E-state index in [4.69, 9.17) is 11.6 Å². The zero-order valence-corrected chi connectivity index (χ0v) is 15.7. The molecule has 0 aliphatic rings. The molecule has 0 saturated carbocycles. The maximum absolute atomic E-state index is 12.4. The molecule has 0 unspecified atom stereocenters. The number of nitrogens with one attached hydrogen (secondary N) is 2. The van der Waals surface area contributed by atoms with Crippen LogP contribution in [0.5, 0.6) is 0 Å². The minimum absolute atomic E-state index is 0.00702. The lowest BCUT2D eigenvalue weighted by molar-refractivity contribution is -0.149. The third kappa shape index (κ3) is 5.19. The minimum atomic E-state index is -1.01. The van der Waals surface area contributed by atoms with E-state index in [1.165, 1.54) is 12.1 Å². The van der Waals surface area contributed by atoms with Gasteiger partial charge < -0.3 is 15.7 Å². The second kappa shape index (κ2) is 8.85. The molecular formula is C18H25ClN2O4. The number of benzene rings is 1. The quantitative estimate of drug-likeness (QED) is 0.653. The van der Waals surface area contributed by atoms with E-state index >= 15 is 0 Å². The van der Waals surface area contributed by atoms with E-state index in [9.17, 15) is 19.5 Å². The summed E-state index contributed by atoms with van der Waals surface area (Å²) in [5.41, 5.74) is -0.357. The van der Waals surface area contributed by atoms with Crippen LogP contribution in [0.2, 0.25) is 5.02 Å². The molecule has 6 nitrogen and oxygen atoms in total. The highest BCUT2D eigenvalue weighted by Gasteiger charge is 2.35. The first-order chi connectivity index (χ1) is 11.7. The normalized spacial score (nSPS) is 11.3. The number of hydrogen-bond acceptors (Lipinski definition) is 3. The maximum Gasteiger partial charge on any atom is 0.311 e. The van der Waals surface area contributed by atoms with Crippen molar-refractivity contribution in [1.82, 2.24) is 5.32 Å². The van der Waals surface area contributed by atoms with Gasteiger partial charge in [0.1, 0.15) is 0 Å². The van der Waals surface area contributed by atoms with E-state index in [1.54, 1.807) is 33.8 Å². The van der Waals surface area contributed by atoms with Crippen molar-refractivity contribution in [2.24, 2.45) is 11.3 Å². The number of anilines is 1. The van der Waals surface area contributed by atoms with Gasteiger partial charge in [-0.1, -0.05) is 39.3 Å². The SMILES string of the molecule is CCC(CC)(CNC(=O)c1cc(NC(=O)C(C)C)ccc1Cl)C(=O)O. The standard InChI is InChI=1S/C18H25ClN2O4/c1-5-18(6-2,17(24)25)10-20-16(23)13-9-12(7-8-14(13)19)21-15(22)11(3)4/h7-9,11H,5-6,10H2,1-4H3,(H,20,23)(H,21,22)(H,24,25). The fraction of sp³-hybridized carbons (Fsp3) is 0.500. The Bertz CT molecular complexity index is 654.